The van der Waals surface area contributed by atoms with Gasteiger partial charge < -0.3 is 10.6 Å². The molecule has 27 heavy (non-hydrogen) atoms. The van der Waals surface area contributed by atoms with Crippen molar-refractivity contribution in [3.05, 3.63) is 39.6 Å². The van der Waals surface area contributed by atoms with Gasteiger partial charge in [-0.2, -0.15) is 10.5 Å². The summed E-state index contributed by atoms with van der Waals surface area (Å²) in [6, 6.07) is 7.55. The fourth-order valence-electron chi connectivity index (χ4n) is 2.57. The third-order valence-corrected chi connectivity index (χ3v) is 5.61. The van der Waals surface area contributed by atoms with Gasteiger partial charge in [0.2, 0.25) is 11.8 Å². The van der Waals surface area contributed by atoms with Gasteiger partial charge in [-0.1, -0.05) is 37.2 Å². The molecule has 2 rings (SSSR count). The second-order valence-electron chi connectivity index (χ2n) is 6.46. The van der Waals surface area contributed by atoms with Gasteiger partial charge in [-0.25, -0.2) is 4.39 Å². The summed E-state index contributed by atoms with van der Waals surface area (Å²) >= 11 is 6.90. The molecule has 0 spiro atoms. The minimum absolute atomic E-state index is 0.0569. The van der Waals surface area contributed by atoms with E-state index in [2.05, 4.69) is 10.6 Å². The molecule has 1 aromatic carbocycles. The standard InChI is InChI=1S/C18H16ClFN4O2S/c1-9(15(25)23-14-5-4-10(20)6-13(14)19)27-17-12(8-22)18(2,3)11(7-21)16(26)24-17/h4-6,9,11H,1-3H3,(H,23,25)(H,24,26)/t9-,11-/m1/s1. The van der Waals surface area contributed by atoms with Crippen molar-refractivity contribution < 1.29 is 14.0 Å². The number of hydrogen-bond acceptors (Lipinski definition) is 5. The van der Waals surface area contributed by atoms with Crippen molar-refractivity contribution >= 4 is 40.9 Å². The molecular formula is C18H16ClFN4O2S. The zero-order valence-electron chi connectivity index (χ0n) is 14.8. The fourth-order valence-corrected chi connectivity index (χ4v) is 3.89. The number of rotatable bonds is 4. The lowest BCUT2D eigenvalue weighted by Gasteiger charge is -2.35. The Morgan fingerprint density at radius 1 is 1.44 bits per heavy atom. The van der Waals surface area contributed by atoms with Crippen LogP contribution in [0.15, 0.2) is 28.8 Å². The Bertz CT molecular complexity index is 917. The summed E-state index contributed by atoms with van der Waals surface area (Å²) in [6.45, 7) is 4.87. The molecule has 0 aliphatic carbocycles. The fraction of sp³-hybridized carbons (Fsp3) is 0.333. The van der Waals surface area contributed by atoms with E-state index in [0.717, 1.165) is 17.8 Å². The quantitative estimate of drug-likeness (QED) is 0.795. The number of amides is 2. The van der Waals surface area contributed by atoms with Crippen LogP contribution < -0.4 is 10.6 Å². The molecule has 9 heteroatoms. The third-order valence-electron chi connectivity index (χ3n) is 4.19. The Morgan fingerprint density at radius 2 is 2.11 bits per heavy atom. The molecule has 0 saturated heterocycles. The summed E-state index contributed by atoms with van der Waals surface area (Å²) in [5, 5.41) is 23.5. The van der Waals surface area contributed by atoms with Gasteiger partial charge in [0.15, 0.2) is 0 Å². The Balaban J connectivity index is 2.23. The molecule has 0 bridgehead atoms. The van der Waals surface area contributed by atoms with E-state index in [9.17, 15) is 24.5 Å². The van der Waals surface area contributed by atoms with Crippen LogP contribution in [0.25, 0.3) is 0 Å². The number of nitriles is 2. The first-order valence-corrected chi connectivity index (χ1v) is 9.15. The van der Waals surface area contributed by atoms with Crippen molar-refractivity contribution in [2.45, 2.75) is 26.0 Å². The predicted octanol–water partition coefficient (Wildman–Crippen LogP) is 3.57. The lowest BCUT2D eigenvalue weighted by atomic mass is 9.72. The topological polar surface area (TPSA) is 106 Å². The molecule has 1 heterocycles. The number of carbonyl (C=O) groups is 2. The van der Waals surface area contributed by atoms with Crippen LogP contribution in [0.4, 0.5) is 10.1 Å². The monoisotopic (exact) mass is 406 g/mol. The van der Waals surface area contributed by atoms with E-state index in [1.165, 1.54) is 12.1 Å². The summed E-state index contributed by atoms with van der Waals surface area (Å²) in [7, 11) is 0. The zero-order valence-corrected chi connectivity index (χ0v) is 16.3. The summed E-state index contributed by atoms with van der Waals surface area (Å²) in [5.74, 6) is -2.48. The minimum Gasteiger partial charge on any atom is -0.324 e. The van der Waals surface area contributed by atoms with E-state index in [1.807, 2.05) is 12.1 Å². The number of carbonyl (C=O) groups excluding carboxylic acids is 2. The number of nitrogens with one attached hydrogen (secondary N) is 2. The SMILES string of the molecule is C[C@@H](SC1=C(C#N)C(C)(C)[C@H](C#N)C(=O)N1)C(=O)Nc1ccc(F)cc1Cl. The van der Waals surface area contributed by atoms with Gasteiger partial charge in [-0.05, 0) is 25.1 Å². The molecule has 2 N–H and O–H groups in total. The Kier molecular flexibility index (Phi) is 6.15. The van der Waals surface area contributed by atoms with Crippen LogP contribution in [0, 0.1) is 39.8 Å². The summed E-state index contributed by atoms with van der Waals surface area (Å²) in [4.78, 5) is 24.6. The number of allylic oxidation sites excluding steroid dienone is 1. The molecule has 0 radical (unpaired) electrons. The highest BCUT2D eigenvalue weighted by Gasteiger charge is 2.45. The molecule has 2 amide bonds. The molecule has 0 fully saturated rings. The van der Waals surface area contributed by atoms with E-state index >= 15 is 0 Å². The number of halogens is 2. The Morgan fingerprint density at radius 3 is 2.67 bits per heavy atom. The highest BCUT2D eigenvalue weighted by atomic mass is 35.5. The number of hydrogen-bond donors (Lipinski definition) is 2. The first-order valence-electron chi connectivity index (χ1n) is 7.89. The molecule has 0 saturated carbocycles. The van der Waals surface area contributed by atoms with Crippen molar-refractivity contribution in [2.75, 3.05) is 5.32 Å². The van der Waals surface area contributed by atoms with Gasteiger partial charge in [0.1, 0.15) is 11.7 Å². The van der Waals surface area contributed by atoms with Gasteiger partial charge in [0.05, 0.1) is 38.7 Å². The first kappa shape index (κ1) is 20.8. The number of nitrogens with zero attached hydrogens (tertiary/aromatic N) is 2. The molecule has 1 aliphatic heterocycles. The smallest absolute Gasteiger partial charge is 0.243 e. The largest absolute Gasteiger partial charge is 0.324 e. The maximum Gasteiger partial charge on any atom is 0.243 e. The van der Waals surface area contributed by atoms with Gasteiger partial charge >= 0.3 is 0 Å². The molecule has 6 nitrogen and oxygen atoms in total. The van der Waals surface area contributed by atoms with E-state index in [4.69, 9.17) is 11.6 Å². The van der Waals surface area contributed by atoms with E-state index in [0.29, 0.717) is 0 Å². The maximum atomic E-state index is 13.1. The highest BCUT2D eigenvalue weighted by Crippen LogP contribution is 2.42. The molecule has 1 aromatic rings. The van der Waals surface area contributed by atoms with E-state index in [-0.39, 0.29) is 21.3 Å². The summed E-state index contributed by atoms with van der Waals surface area (Å²) in [5.41, 5.74) is -0.495. The lowest BCUT2D eigenvalue weighted by molar-refractivity contribution is -0.125. The van der Waals surface area contributed by atoms with Crippen LogP contribution in [0.5, 0.6) is 0 Å². The maximum absolute atomic E-state index is 13.1. The van der Waals surface area contributed by atoms with Crippen molar-refractivity contribution in [3.63, 3.8) is 0 Å². The average Bonchev–Trinajstić information content (AvgIpc) is 2.56. The molecule has 0 aromatic heterocycles. The van der Waals surface area contributed by atoms with Crippen LogP contribution in [-0.2, 0) is 9.59 Å². The molecule has 1 aliphatic rings. The first-order chi connectivity index (χ1) is 12.6. The second-order valence-corrected chi connectivity index (χ2v) is 8.22. The van der Waals surface area contributed by atoms with Crippen molar-refractivity contribution in [3.8, 4) is 12.1 Å². The highest BCUT2D eigenvalue weighted by molar-refractivity contribution is 8.04. The Hall–Kier alpha value is -2.55. The van der Waals surface area contributed by atoms with Crippen molar-refractivity contribution in [2.24, 2.45) is 11.3 Å². The zero-order chi connectivity index (χ0) is 20.4. The van der Waals surface area contributed by atoms with Gasteiger partial charge in [0, 0.05) is 5.41 Å². The average molecular weight is 407 g/mol. The van der Waals surface area contributed by atoms with Crippen LogP contribution in [-0.4, -0.2) is 17.1 Å². The van der Waals surface area contributed by atoms with Crippen LogP contribution in [0.2, 0.25) is 5.02 Å². The summed E-state index contributed by atoms with van der Waals surface area (Å²) < 4.78 is 13.1. The van der Waals surface area contributed by atoms with Gasteiger partial charge in [0.25, 0.3) is 0 Å². The van der Waals surface area contributed by atoms with E-state index < -0.39 is 34.2 Å². The van der Waals surface area contributed by atoms with Crippen LogP contribution in [0.3, 0.4) is 0 Å². The van der Waals surface area contributed by atoms with E-state index in [1.54, 1.807) is 20.8 Å². The van der Waals surface area contributed by atoms with Crippen molar-refractivity contribution in [1.82, 2.24) is 5.32 Å². The number of anilines is 1. The predicted molar refractivity (Wildman–Crippen MR) is 101 cm³/mol. The number of thioether (sulfide) groups is 1. The third kappa shape index (κ3) is 4.24. The lowest BCUT2D eigenvalue weighted by Crippen LogP contribution is -2.45. The number of benzene rings is 1. The van der Waals surface area contributed by atoms with Crippen molar-refractivity contribution in [1.29, 1.82) is 10.5 Å². The van der Waals surface area contributed by atoms with Crippen LogP contribution in [0.1, 0.15) is 20.8 Å². The van der Waals surface area contributed by atoms with Gasteiger partial charge in [-0.3, -0.25) is 9.59 Å². The van der Waals surface area contributed by atoms with Crippen LogP contribution >= 0.6 is 23.4 Å². The normalized spacial score (nSPS) is 19.5. The molecular weight excluding hydrogens is 391 g/mol. The minimum atomic E-state index is -1.00. The second kappa shape index (κ2) is 7.99. The molecule has 140 valence electrons. The molecule has 0 unspecified atom stereocenters. The molecule has 2 atom stereocenters. The van der Waals surface area contributed by atoms with Gasteiger partial charge in [-0.15, -0.1) is 0 Å². The summed E-state index contributed by atoms with van der Waals surface area (Å²) in [6.07, 6.45) is 0. The Labute approximate surface area is 165 Å².